The molecule has 7 nitrogen and oxygen atoms in total. The number of aromatic nitrogens is 3. The van der Waals surface area contributed by atoms with Crippen LogP contribution in [0.3, 0.4) is 0 Å². The van der Waals surface area contributed by atoms with E-state index < -0.39 is 0 Å². The second-order valence-electron chi connectivity index (χ2n) is 3.66. The minimum atomic E-state index is 0.393. The molecule has 0 saturated carbocycles. The molecule has 0 unspecified atom stereocenters. The maximum atomic E-state index is 5.72. The fraction of sp³-hybridized carbons (Fsp3) is 0.364. The van der Waals surface area contributed by atoms with Gasteiger partial charge in [0.2, 0.25) is 0 Å². The lowest BCUT2D eigenvalue weighted by atomic mass is 10.4. The van der Waals surface area contributed by atoms with Crippen LogP contribution in [0.25, 0.3) is 5.65 Å². The van der Waals surface area contributed by atoms with Gasteiger partial charge >= 0.3 is 0 Å². The van der Waals surface area contributed by atoms with E-state index in [0.29, 0.717) is 25.7 Å². The van der Waals surface area contributed by atoms with Crippen molar-refractivity contribution in [3.63, 3.8) is 0 Å². The first-order valence-corrected chi connectivity index (χ1v) is 5.61. The van der Waals surface area contributed by atoms with E-state index in [9.17, 15) is 0 Å². The molecule has 2 aromatic heterocycles. The molecule has 0 aliphatic heterocycles. The van der Waals surface area contributed by atoms with Crippen molar-refractivity contribution in [1.29, 1.82) is 0 Å². The van der Waals surface area contributed by atoms with Crippen LogP contribution in [-0.2, 0) is 11.3 Å². The Bertz CT molecular complexity index is 535. The Morgan fingerprint density at radius 1 is 1.50 bits per heavy atom. The largest absolute Gasteiger partial charge is 0.383 e. The van der Waals surface area contributed by atoms with E-state index in [1.807, 2.05) is 12.1 Å². The quantitative estimate of drug-likeness (QED) is 0.434. The third-order valence-electron chi connectivity index (χ3n) is 2.39. The van der Waals surface area contributed by atoms with Crippen molar-refractivity contribution in [3.05, 3.63) is 30.2 Å². The van der Waals surface area contributed by atoms with Crippen LogP contribution in [0.4, 0.5) is 0 Å². The number of fused-ring (bicyclic) bond motifs is 1. The third-order valence-corrected chi connectivity index (χ3v) is 2.39. The van der Waals surface area contributed by atoms with Crippen molar-refractivity contribution < 1.29 is 4.74 Å². The van der Waals surface area contributed by atoms with Crippen molar-refractivity contribution in [1.82, 2.24) is 19.9 Å². The van der Waals surface area contributed by atoms with E-state index in [1.165, 1.54) is 0 Å². The van der Waals surface area contributed by atoms with Gasteiger partial charge in [-0.2, -0.15) is 5.10 Å². The van der Waals surface area contributed by atoms with E-state index >= 15 is 0 Å². The Balaban J connectivity index is 2.01. The third kappa shape index (κ3) is 2.95. The lowest BCUT2D eigenvalue weighted by molar-refractivity contribution is 0.204. The summed E-state index contributed by atoms with van der Waals surface area (Å²) < 4.78 is 6.65. The van der Waals surface area contributed by atoms with Crippen LogP contribution in [0.5, 0.6) is 0 Å². The summed E-state index contributed by atoms with van der Waals surface area (Å²) in [4.78, 5) is 8.41. The van der Waals surface area contributed by atoms with Crippen molar-refractivity contribution in [2.45, 2.75) is 6.54 Å². The molecule has 0 fully saturated rings. The summed E-state index contributed by atoms with van der Waals surface area (Å²) in [5, 5.41) is 7.13. The molecule has 2 aromatic rings. The van der Waals surface area contributed by atoms with Gasteiger partial charge in [-0.25, -0.2) is 14.5 Å². The zero-order valence-electron chi connectivity index (χ0n) is 10.2. The number of methoxy groups -OCH3 is 1. The summed E-state index contributed by atoms with van der Waals surface area (Å²) in [6, 6.07) is 3.71. The molecule has 0 bridgehead atoms. The Morgan fingerprint density at radius 2 is 2.39 bits per heavy atom. The molecule has 0 aliphatic carbocycles. The average Bonchev–Trinajstić information content (AvgIpc) is 2.85. The topological polar surface area (TPSA) is 89.8 Å². The summed E-state index contributed by atoms with van der Waals surface area (Å²) in [5.41, 5.74) is 7.45. The predicted molar refractivity (Wildman–Crippen MR) is 68.2 cm³/mol. The summed E-state index contributed by atoms with van der Waals surface area (Å²) >= 11 is 0. The zero-order chi connectivity index (χ0) is 12.8. The second-order valence-corrected chi connectivity index (χ2v) is 3.66. The van der Waals surface area contributed by atoms with Crippen LogP contribution in [0, 0.1) is 0 Å². The molecular weight excluding hydrogens is 232 g/mol. The molecule has 0 aliphatic rings. The van der Waals surface area contributed by atoms with Gasteiger partial charge in [-0.15, -0.1) is 0 Å². The highest BCUT2D eigenvalue weighted by atomic mass is 16.5. The summed E-state index contributed by atoms with van der Waals surface area (Å²) in [7, 11) is 1.64. The Hall–Kier alpha value is -2.15. The number of nitrogens with two attached hydrogens (primary N) is 1. The van der Waals surface area contributed by atoms with Crippen molar-refractivity contribution in [3.8, 4) is 0 Å². The van der Waals surface area contributed by atoms with Gasteiger partial charge in [0.15, 0.2) is 11.6 Å². The molecule has 0 aromatic carbocycles. The van der Waals surface area contributed by atoms with Crippen LogP contribution in [0.15, 0.2) is 29.5 Å². The molecule has 0 saturated heterocycles. The van der Waals surface area contributed by atoms with E-state index in [1.54, 1.807) is 24.0 Å². The van der Waals surface area contributed by atoms with Gasteiger partial charge in [0, 0.05) is 25.9 Å². The van der Waals surface area contributed by atoms with Crippen molar-refractivity contribution in [2.75, 3.05) is 20.3 Å². The number of ether oxygens (including phenoxy) is 1. The molecular formula is C11H16N6O. The van der Waals surface area contributed by atoms with Gasteiger partial charge in [0.1, 0.15) is 0 Å². The minimum absolute atomic E-state index is 0.393. The number of aliphatic imine (C=N–C) groups is 1. The minimum Gasteiger partial charge on any atom is -0.383 e. The summed E-state index contributed by atoms with van der Waals surface area (Å²) in [6.07, 6.45) is 3.44. The maximum Gasteiger partial charge on any atom is 0.189 e. The molecule has 0 spiro atoms. The van der Waals surface area contributed by atoms with Gasteiger partial charge in [-0.1, -0.05) is 0 Å². The highest BCUT2D eigenvalue weighted by molar-refractivity contribution is 5.77. The number of nitrogens with one attached hydrogen (secondary N) is 1. The normalized spacial score (nSPS) is 11.9. The molecule has 2 heterocycles. The first kappa shape index (κ1) is 12.3. The van der Waals surface area contributed by atoms with Gasteiger partial charge in [-0.3, -0.25) is 0 Å². The standard InChI is InChI=1S/C11H16N6O/c1-18-7-6-14-11(12)15-8-9-2-4-13-10-3-5-16-17(9)10/h2-5H,6-8H2,1H3,(H3,12,14,15). The smallest absolute Gasteiger partial charge is 0.189 e. The van der Waals surface area contributed by atoms with Crippen LogP contribution >= 0.6 is 0 Å². The molecule has 7 heteroatoms. The predicted octanol–water partition coefficient (Wildman–Crippen LogP) is -0.220. The fourth-order valence-corrected chi connectivity index (χ4v) is 1.51. The van der Waals surface area contributed by atoms with Gasteiger partial charge in [0.25, 0.3) is 0 Å². The molecule has 0 radical (unpaired) electrons. The maximum absolute atomic E-state index is 5.72. The summed E-state index contributed by atoms with van der Waals surface area (Å²) in [6.45, 7) is 1.68. The fourth-order valence-electron chi connectivity index (χ4n) is 1.51. The van der Waals surface area contributed by atoms with Crippen LogP contribution in [0.2, 0.25) is 0 Å². The molecule has 96 valence electrons. The van der Waals surface area contributed by atoms with Crippen molar-refractivity contribution >= 4 is 11.6 Å². The first-order chi connectivity index (χ1) is 8.81. The van der Waals surface area contributed by atoms with E-state index in [2.05, 4.69) is 20.4 Å². The highest BCUT2D eigenvalue weighted by Crippen LogP contribution is 2.03. The summed E-state index contributed by atoms with van der Waals surface area (Å²) in [5.74, 6) is 0.393. The SMILES string of the molecule is COCCNC(N)=NCc1ccnc2ccnn12. The number of nitrogens with zero attached hydrogens (tertiary/aromatic N) is 4. The van der Waals surface area contributed by atoms with Gasteiger partial charge < -0.3 is 15.8 Å². The Morgan fingerprint density at radius 3 is 3.22 bits per heavy atom. The van der Waals surface area contributed by atoms with Crippen LogP contribution < -0.4 is 11.1 Å². The van der Waals surface area contributed by atoms with Gasteiger partial charge in [-0.05, 0) is 6.07 Å². The van der Waals surface area contributed by atoms with E-state index in [4.69, 9.17) is 10.5 Å². The van der Waals surface area contributed by atoms with Crippen LogP contribution in [-0.4, -0.2) is 40.8 Å². The number of rotatable bonds is 5. The second kappa shape index (κ2) is 5.97. The lowest BCUT2D eigenvalue weighted by Gasteiger charge is -2.05. The van der Waals surface area contributed by atoms with E-state index in [-0.39, 0.29) is 0 Å². The number of hydrogen-bond donors (Lipinski definition) is 2. The lowest BCUT2D eigenvalue weighted by Crippen LogP contribution is -2.34. The van der Waals surface area contributed by atoms with Crippen molar-refractivity contribution in [2.24, 2.45) is 10.7 Å². The van der Waals surface area contributed by atoms with E-state index in [0.717, 1.165) is 11.3 Å². The Kier molecular flexibility index (Phi) is 4.08. The molecule has 18 heavy (non-hydrogen) atoms. The van der Waals surface area contributed by atoms with Gasteiger partial charge in [0.05, 0.1) is 25.0 Å². The molecule has 0 atom stereocenters. The molecule has 3 N–H and O–H groups in total. The number of guanidine groups is 1. The Labute approximate surface area is 105 Å². The molecule has 2 rings (SSSR count). The average molecular weight is 248 g/mol. The zero-order valence-corrected chi connectivity index (χ0v) is 10.2. The first-order valence-electron chi connectivity index (χ1n) is 5.61. The molecule has 0 amide bonds. The van der Waals surface area contributed by atoms with Crippen LogP contribution in [0.1, 0.15) is 5.69 Å². The highest BCUT2D eigenvalue weighted by Gasteiger charge is 2.01. The number of hydrogen-bond acceptors (Lipinski definition) is 4. The monoisotopic (exact) mass is 248 g/mol.